The molecule has 0 heterocycles. The molecule has 3 nitrogen and oxygen atoms in total. The van der Waals surface area contributed by atoms with Crippen LogP contribution in [0.15, 0.2) is 30.4 Å². The Balaban J connectivity index is 1.73. The van der Waals surface area contributed by atoms with E-state index in [-0.39, 0.29) is 5.91 Å². The van der Waals surface area contributed by atoms with E-state index in [1.54, 1.807) is 13.1 Å². The summed E-state index contributed by atoms with van der Waals surface area (Å²) in [5.74, 6) is 2.01. The van der Waals surface area contributed by atoms with Gasteiger partial charge in [-0.1, -0.05) is 23.8 Å². The molecule has 3 rings (SSSR count). The average Bonchev–Trinajstić information content (AvgIpc) is 3.11. The second-order valence-electron chi connectivity index (χ2n) is 6.15. The van der Waals surface area contributed by atoms with E-state index in [0.717, 1.165) is 11.6 Å². The van der Waals surface area contributed by atoms with Gasteiger partial charge in [0, 0.05) is 18.8 Å². The molecule has 1 aromatic carbocycles. The normalized spacial score (nSPS) is 27.7. The maximum Gasteiger partial charge on any atom is 0.252 e. The summed E-state index contributed by atoms with van der Waals surface area (Å²) < 4.78 is 0. The first-order chi connectivity index (χ1) is 10.1. The molecule has 2 bridgehead atoms. The molecule has 0 spiro atoms. The number of rotatable bonds is 4. The molecule has 1 saturated carbocycles. The Labute approximate surface area is 130 Å². The van der Waals surface area contributed by atoms with E-state index in [9.17, 15) is 4.79 Å². The molecule has 4 heteroatoms. The van der Waals surface area contributed by atoms with Crippen LogP contribution in [0, 0.1) is 17.8 Å². The van der Waals surface area contributed by atoms with Gasteiger partial charge < -0.3 is 10.6 Å². The van der Waals surface area contributed by atoms with Crippen LogP contribution in [0.5, 0.6) is 0 Å². The molecular weight excluding hydrogens is 284 g/mol. The minimum Gasteiger partial charge on any atom is -0.382 e. The van der Waals surface area contributed by atoms with Crippen molar-refractivity contribution in [2.45, 2.75) is 25.8 Å². The number of carbonyl (C=O) groups excluding carboxylic acids is 1. The Kier molecular flexibility index (Phi) is 3.94. The number of benzene rings is 1. The van der Waals surface area contributed by atoms with Crippen LogP contribution in [0.2, 0.25) is 5.02 Å². The highest BCUT2D eigenvalue weighted by Gasteiger charge is 2.38. The number of carbonyl (C=O) groups is 1. The molecular formula is C17H21ClN2O. The summed E-state index contributed by atoms with van der Waals surface area (Å²) in [5, 5.41) is 6.64. The fourth-order valence-electron chi connectivity index (χ4n) is 3.69. The van der Waals surface area contributed by atoms with Crippen molar-refractivity contribution in [3.63, 3.8) is 0 Å². The molecule has 0 aliphatic heterocycles. The standard InChI is InChI=1S/C17H21ClN2O/c1-10(14-8-11-3-4-12(14)7-11)20-13-5-6-16(18)15(9-13)17(21)19-2/h3-6,9-12,14,20H,7-8H2,1-2H3,(H,19,21). The van der Waals surface area contributed by atoms with Crippen LogP contribution in [-0.4, -0.2) is 19.0 Å². The van der Waals surface area contributed by atoms with Crippen molar-refractivity contribution in [1.82, 2.24) is 5.32 Å². The van der Waals surface area contributed by atoms with Gasteiger partial charge in [-0.05, 0) is 55.7 Å². The van der Waals surface area contributed by atoms with Crippen LogP contribution in [0.4, 0.5) is 5.69 Å². The Morgan fingerprint density at radius 1 is 1.33 bits per heavy atom. The van der Waals surface area contributed by atoms with E-state index in [0.29, 0.717) is 28.5 Å². The van der Waals surface area contributed by atoms with Gasteiger partial charge in [0.15, 0.2) is 0 Å². The molecule has 0 radical (unpaired) electrons. The first kappa shape index (κ1) is 14.5. The van der Waals surface area contributed by atoms with Gasteiger partial charge in [0.2, 0.25) is 0 Å². The average molecular weight is 305 g/mol. The van der Waals surface area contributed by atoms with Crippen LogP contribution in [0.25, 0.3) is 0 Å². The van der Waals surface area contributed by atoms with Gasteiger partial charge in [0.25, 0.3) is 5.91 Å². The summed E-state index contributed by atoms with van der Waals surface area (Å²) in [6.45, 7) is 2.23. The Bertz CT molecular complexity index is 584. The van der Waals surface area contributed by atoms with Crippen LogP contribution >= 0.6 is 11.6 Å². The topological polar surface area (TPSA) is 41.1 Å². The SMILES string of the molecule is CNC(=O)c1cc(NC(C)C2CC3C=CC2C3)ccc1Cl. The zero-order chi connectivity index (χ0) is 15.0. The highest BCUT2D eigenvalue weighted by molar-refractivity contribution is 6.34. The van der Waals surface area contributed by atoms with Crippen LogP contribution in [0.3, 0.4) is 0 Å². The number of allylic oxidation sites excluding steroid dienone is 2. The zero-order valence-corrected chi connectivity index (χ0v) is 13.2. The van der Waals surface area contributed by atoms with Crippen molar-refractivity contribution in [2.75, 3.05) is 12.4 Å². The number of amides is 1. The molecule has 0 saturated heterocycles. The van der Waals surface area contributed by atoms with Gasteiger partial charge in [-0.25, -0.2) is 0 Å². The van der Waals surface area contributed by atoms with Gasteiger partial charge in [-0.2, -0.15) is 0 Å². The third-order valence-electron chi connectivity index (χ3n) is 4.80. The zero-order valence-electron chi connectivity index (χ0n) is 12.4. The first-order valence-corrected chi connectivity index (χ1v) is 7.92. The number of halogens is 1. The van der Waals surface area contributed by atoms with Crippen molar-refractivity contribution in [1.29, 1.82) is 0 Å². The number of nitrogens with one attached hydrogen (secondary N) is 2. The lowest BCUT2D eigenvalue weighted by Crippen LogP contribution is -2.29. The molecule has 0 aromatic heterocycles. The smallest absolute Gasteiger partial charge is 0.252 e. The highest BCUT2D eigenvalue weighted by Crippen LogP contribution is 2.45. The lowest BCUT2D eigenvalue weighted by atomic mass is 9.87. The van der Waals surface area contributed by atoms with Crippen LogP contribution in [-0.2, 0) is 0 Å². The first-order valence-electron chi connectivity index (χ1n) is 7.55. The lowest BCUT2D eigenvalue weighted by molar-refractivity contribution is 0.0963. The molecule has 1 aromatic rings. The summed E-state index contributed by atoms with van der Waals surface area (Å²) in [5.41, 5.74) is 1.47. The Hall–Kier alpha value is -1.48. The Morgan fingerprint density at radius 3 is 2.76 bits per heavy atom. The summed E-state index contributed by atoms with van der Waals surface area (Å²) in [7, 11) is 1.61. The summed E-state index contributed by atoms with van der Waals surface area (Å²) >= 11 is 6.09. The molecule has 1 amide bonds. The van der Waals surface area contributed by atoms with Gasteiger partial charge >= 0.3 is 0 Å². The van der Waals surface area contributed by atoms with Gasteiger partial charge in [0.05, 0.1) is 10.6 Å². The third-order valence-corrected chi connectivity index (χ3v) is 5.13. The van der Waals surface area contributed by atoms with Crippen LogP contribution in [0.1, 0.15) is 30.1 Å². The van der Waals surface area contributed by atoms with Crippen molar-refractivity contribution in [3.05, 3.63) is 40.9 Å². The molecule has 4 unspecified atom stereocenters. The minimum absolute atomic E-state index is 0.154. The largest absolute Gasteiger partial charge is 0.382 e. The molecule has 2 N–H and O–H groups in total. The van der Waals surface area contributed by atoms with E-state index in [2.05, 4.69) is 29.7 Å². The molecule has 1 fully saturated rings. The number of hydrogen-bond donors (Lipinski definition) is 2. The van der Waals surface area contributed by atoms with Crippen molar-refractivity contribution < 1.29 is 4.79 Å². The molecule has 4 atom stereocenters. The molecule has 21 heavy (non-hydrogen) atoms. The minimum atomic E-state index is -0.154. The summed E-state index contributed by atoms with van der Waals surface area (Å²) in [6.07, 6.45) is 7.31. The van der Waals surface area contributed by atoms with E-state index in [1.165, 1.54) is 12.8 Å². The van der Waals surface area contributed by atoms with Gasteiger partial charge in [-0.3, -0.25) is 4.79 Å². The van der Waals surface area contributed by atoms with Gasteiger partial charge in [0.1, 0.15) is 0 Å². The lowest BCUT2D eigenvalue weighted by Gasteiger charge is -2.27. The second kappa shape index (κ2) is 5.72. The predicted octanol–water partition coefficient (Wildman–Crippen LogP) is 3.71. The second-order valence-corrected chi connectivity index (χ2v) is 6.56. The van der Waals surface area contributed by atoms with Gasteiger partial charge in [-0.15, -0.1) is 0 Å². The van der Waals surface area contributed by atoms with Crippen molar-refractivity contribution >= 4 is 23.2 Å². The monoisotopic (exact) mass is 304 g/mol. The van der Waals surface area contributed by atoms with Crippen molar-refractivity contribution in [3.8, 4) is 0 Å². The fraction of sp³-hybridized carbons (Fsp3) is 0.471. The predicted molar refractivity (Wildman–Crippen MR) is 86.8 cm³/mol. The van der Waals surface area contributed by atoms with Crippen molar-refractivity contribution in [2.24, 2.45) is 17.8 Å². The quantitative estimate of drug-likeness (QED) is 0.833. The Morgan fingerprint density at radius 2 is 2.14 bits per heavy atom. The summed E-state index contributed by atoms with van der Waals surface area (Å²) in [6, 6.07) is 5.94. The number of hydrogen-bond acceptors (Lipinski definition) is 2. The molecule has 112 valence electrons. The van der Waals surface area contributed by atoms with E-state index < -0.39 is 0 Å². The molecule has 2 aliphatic rings. The van der Waals surface area contributed by atoms with E-state index in [4.69, 9.17) is 11.6 Å². The third kappa shape index (κ3) is 2.80. The van der Waals surface area contributed by atoms with E-state index in [1.807, 2.05) is 12.1 Å². The number of anilines is 1. The van der Waals surface area contributed by atoms with E-state index >= 15 is 0 Å². The summed E-state index contributed by atoms with van der Waals surface area (Å²) in [4.78, 5) is 11.8. The fourth-order valence-corrected chi connectivity index (χ4v) is 3.90. The highest BCUT2D eigenvalue weighted by atomic mass is 35.5. The number of fused-ring (bicyclic) bond motifs is 2. The maximum absolute atomic E-state index is 11.8. The molecule has 2 aliphatic carbocycles. The van der Waals surface area contributed by atoms with Crippen LogP contribution < -0.4 is 10.6 Å². The maximum atomic E-state index is 11.8.